The average molecular weight is 277 g/mol. The minimum absolute atomic E-state index is 0.0137. The molecule has 1 aliphatic heterocycles. The molecule has 1 amide bonds. The van der Waals surface area contributed by atoms with Gasteiger partial charge in [-0.05, 0) is 51.6 Å². The highest BCUT2D eigenvalue weighted by Gasteiger charge is 2.30. The lowest BCUT2D eigenvalue weighted by molar-refractivity contribution is 0.0675. The number of aromatic nitrogens is 3. The number of nitrogens with one attached hydrogen (secondary N) is 2. The van der Waals surface area contributed by atoms with E-state index in [4.69, 9.17) is 0 Å². The van der Waals surface area contributed by atoms with Crippen molar-refractivity contribution in [2.75, 3.05) is 26.7 Å². The molecular formula is C14H23N5O. The van der Waals surface area contributed by atoms with E-state index in [1.54, 1.807) is 0 Å². The van der Waals surface area contributed by atoms with Gasteiger partial charge in [-0.2, -0.15) is 0 Å². The molecule has 2 heterocycles. The van der Waals surface area contributed by atoms with E-state index in [9.17, 15) is 4.79 Å². The van der Waals surface area contributed by atoms with E-state index in [1.807, 2.05) is 11.9 Å². The monoisotopic (exact) mass is 277 g/mol. The van der Waals surface area contributed by atoms with Crippen molar-refractivity contribution in [3.05, 3.63) is 11.6 Å². The van der Waals surface area contributed by atoms with E-state index in [0.717, 1.165) is 44.2 Å². The van der Waals surface area contributed by atoms with E-state index >= 15 is 0 Å². The van der Waals surface area contributed by atoms with Gasteiger partial charge in [0.2, 0.25) is 5.82 Å². The highest BCUT2D eigenvalue weighted by atomic mass is 16.2. The summed E-state index contributed by atoms with van der Waals surface area (Å²) in [7, 11) is 1.99. The fourth-order valence-electron chi connectivity index (χ4n) is 2.82. The molecule has 1 saturated carbocycles. The largest absolute Gasteiger partial charge is 0.336 e. The summed E-state index contributed by atoms with van der Waals surface area (Å²) in [4.78, 5) is 18.6. The summed E-state index contributed by atoms with van der Waals surface area (Å²) in [6.45, 7) is 2.73. The van der Waals surface area contributed by atoms with Gasteiger partial charge in [-0.25, -0.2) is 4.98 Å². The van der Waals surface area contributed by atoms with Crippen molar-refractivity contribution in [2.45, 2.75) is 38.0 Å². The summed E-state index contributed by atoms with van der Waals surface area (Å²) in [6.07, 6.45) is 5.71. The zero-order valence-corrected chi connectivity index (χ0v) is 12.1. The molecule has 0 unspecified atom stereocenters. The number of amides is 1. The van der Waals surface area contributed by atoms with E-state index in [1.165, 1.54) is 19.3 Å². The SMILES string of the molecule is CNCCC1CCN(C(=O)c2n[nH]c(C3CC3)n2)CC1. The lowest BCUT2D eigenvalue weighted by atomic mass is 9.93. The maximum absolute atomic E-state index is 12.3. The molecule has 0 aromatic carbocycles. The van der Waals surface area contributed by atoms with Crippen LogP contribution in [-0.2, 0) is 0 Å². The minimum atomic E-state index is -0.0137. The standard InChI is InChI=1S/C14H23N5O/c1-15-7-4-10-5-8-19(9-6-10)14(20)13-16-12(17-18-13)11-2-3-11/h10-11,15H,2-9H2,1H3,(H,16,17,18). The lowest BCUT2D eigenvalue weighted by Gasteiger charge is -2.31. The predicted molar refractivity (Wildman–Crippen MR) is 75.5 cm³/mol. The van der Waals surface area contributed by atoms with Crippen LogP contribution in [0, 0.1) is 5.92 Å². The molecule has 0 atom stereocenters. The predicted octanol–water partition coefficient (Wildman–Crippen LogP) is 1.14. The number of hydrogen-bond acceptors (Lipinski definition) is 4. The molecule has 1 saturated heterocycles. The van der Waals surface area contributed by atoms with Crippen LogP contribution in [0.3, 0.4) is 0 Å². The zero-order valence-electron chi connectivity index (χ0n) is 12.1. The van der Waals surface area contributed by atoms with Gasteiger partial charge in [-0.3, -0.25) is 9.89 Å². The van der Waals surface area contributed by atoms with Crippen LogP contribution in [0.25, 0.3) is 0 Å². The molecule has 3 rings (SSSR count). The Bertz CT molecular complexity index is 460. The Balaban J connectivity index is 1.52. The number of piperidine rings is 1. The topological polar surface area (TPSA) is 73.9 Å². The molecule has 1 aromatic rings. The summed E-state index contributed by atoms with van der Waals surface area (Å²) >= 11 is 0. The van der Waals surface area contributed by atoms with Crippen molar-refractivity contribution in [1.82, 2.24) is 25.4 Å². The summed E-state index contributed by atoms with van der Waals surface area (Å²) in [5.41, 5.74) is 0. The molecule has 1 aromatic heterocycles. The van der Waals surface area contributed by atoms with Crippen LogP contribution in [0.4, 0.5) is 0 Å². The van der Waals surface area contributed by atoms with E-state index in [-0.39, 0.29) is 5.91 Å². The minimum Gasteiger partial charge on any atom is -0.336 e. The van der Waals surface area contributed by atoms with Crippen molar-refractivity contribution in [3.8, 4) is 0 Å². The van der Waals surface area contributed by atoms with Gasteiger partial charge in [0, 0.05) is 19.0 Å². The smallest absolute Gasteiger partial charge is 0.293 e. The number of carbonyl (C=O) groups is 1. The zero-order chi connectivity index (χ0) is 13.9. The van der Waals surface area contributed by atoms with Gasteiger partial charge in [-0.1, -0.05) is 0 Å². The van der Waals surface area contributed by atoms with Crippen LogP contribution in [0.15, 0.2) is 0 Å². The Labute approximate surface area is 119 Å². The lowest BCUT2D eigenvalue weighted by Crippen LogP contribution is -2.39. The Morgan fingerprint density at radius 1 is 1.35 bits per heavy atom. The molecule has 2 aliphatic rings. The first-order valence-corrected chi connectivity index (χ1v) is 7.64. The molecular weight excluding hydrogens is 254 g/mol. The van der Waals surface area contributed by atoms with Gasteiger partial charge < -0.3 is 10.2 Å². The third-order valence-electron chi connectivity index (χ3n) is 4.36. The summed E-state index contributed by atoms with van der Waals surface area (Å²) in [5.74, 6) is 2.47. The second-order valence-electron chi connectivity index (χ2n) is 5.95. The first-order valence-electron chi connectivity index (χ1n) is 7.64. The Morgan fingerprint density at radius 2 is 2.10 bits per heavy atom. The van der Waals surface area contributed by atoms with E-state index < -0.39 is 0 Å². The normalized spacial score (nSPS) is 20.4. The molecule has 0 radical (unpaired) electrons. The molecule has 20 heavy (non-hydrogen) atoms. The number of aromatic amines is 1. The van der Waals surface area contributed by atoms with Crippen LogP contribution in [0.5, 0.6) is 0 Å². The van der Waals surface area contributed by atoms with E-state index in [2.05, 4.69) is 20.5 Å². The van der Waals surface area contributed by atoms with Gasteiger partial charge in [0.1, 0.15) is 5.82 Å². The molecule has 0 bridgehead atoms. The fourth-order valence-corrected chi connectivity index (χ4v) is 2.82. The van der Waals surface area contributed by atoms with Crippen molar-refractivity contribution >= 4 is 5.91 Å². The molecule has 0 spiro atoms. The molecule has 2 N–H and O–H groups in total. The van der Waals surface area contributed by atoms with Gasteiger partial charge in [-0.15, -0.1) is 5.10 Å². The molecule has 110 valence electrons. The average Bonchev–Trinajstić information content (AvgIpc) is 3.22. The van der Waals surface area contributed by atoms with Crippen LogP contribution in [0.2, 0.25) is 0 Å². The van der Waals surface area contributed by atoms with Crippen LogP contribution in [0.1, 0.15) is 54.5 Å². The molecule has 2 fully saturated rings. The number of likely N-dealkylation sites (tertiary alicyclic amines) is 1. The second kappa shape index (κ2) is 5.91. The maximum Gasteiger partial charge on any atom is 0.293 e. The van der Waals surface area contributed by atoms with Crippen molar-refractivity contribution in [2.24, 2.45) is 5.92 Å². The molecule has 1 aliphatic carbocycles. The molecule has 6 nitrogen and oxygen atoms in total. The number of carbonyl (C=O) groups excluding carboxylic acids is 1. The first-order chi connectivity index (χ1) is 9.78. The number of H-pyrrole nitrogens is 1. The van der Waals surface area contributed by atoms with Crippen molar-refractivity contribution < 1.29 is 4.79 Å². The van der Waals surface area contributed by atoms with Crippen molar-refractivity contribution in [3.63, 3.8) is 0 Å². The Kier molecular flexibility index (Phi) is 4.00. The quantitative estimate of drug-likeness (QED) is 0.846. The summed E-state index contributed by atoms with van der Waals surface area (Å²) < 4.78 is 0. The number of rotatable bonds is 5. The third kappa shape index (κ3) is 3.00. The summed E-state index contributed by atoms with van der Waals surface area (Å²) in [5, 5.41) is 10.2. The first kappa shape index (κ1) is 13.5. The Morgan fingerprint density at radius 3 is 2.75 bits per heavy atom. The highest BCUT2D eigenvalue weighted by Crippen LogP contribution is 2.37. The number of hydrogen-bond donors (Lipinski definition) is 2. The third-order valence-corrected chi connectivity index (χ3v) is 4.36. The Hall–Kier alpha value is -1.43. The fraction of sp³-hybridized carbons (Fsp3) is 0.786. The van der Waals surface area contributed by atoms with Crippen LogP contribution in [-0.4, -0.2) is 52.7 Å². The summed E-state index contributed by atoms with van der Waals surface area (Å²) in [6, 6.07) is 0. The van der Waals surface area contributed by atoms with Crippen LogP contribution >= 0.6 is 0 Å². The second-order valence-corrected chi connectivity index (χ2v) is 5.95. The number of nitrogens with zero attached hydrogens (tertiary/aromatic N) is 3. The van der Waals surface area contributed by atoms with E-state index in [0.29, 0.717) is 11.7 Å². The maximum atomic E-state index is 12.3. The van der Waals surface area contributed by atoms with Gasteiger partial charge in [0.05, 0.1) is 0 Å². The van der Waals surface area contributed by atoms with Crippen molar-refractivity contribution in [1.29, 1.82) is 0 Å². The van der Waals surface area contributed by atoms with Crippen LogP contribution < -0.4 is 5.32 Å². The van der Waals surface area contributed by atoms with Gasteiger partial charge in [0.15, 0.2) is 0 Å². The van der Waals surface area contributed by atoms with Gasteiger partial charge >= 0.3 is 0 Å². The van der Waals surface area contributed by atoms with Gasteiger partial charge in [0.25, 0.3) is 5.91 Å². The highest BCUT2D eigenvalue weighted by molar-refractivity contribution is 5.90. The molecule has 6 heteroatoms.